The molecular formula is C21H22ClF3N4O2. The van der Waals surface area contributed by atoms with Crippen LogP contribution < -0.4 is 0 Å². The zero-order valence-electron chi connectivity index (χ0n) is 17.0. The largest absolute Gasteiger partial charge is 0.416 e. The summed E-state index contributed by atoms with van der Waals surface area (Å²) in [6.07, 6.45) is -1.27. The second-order valence-electron chi connectivity index (χ2n) is 8.46. The number of carbonyl (C=O) groups excluding carboxylic acids is 2. The highest BCUT2D eigenvalue weighted by atomic mass is 35.5. The molecule has 31 heavy (non-hydrogen) atoms. The summed E-state index contributed by atoms with van der Waals surface area (Å²) in [7, 11) is 0. The molecule has 1 amide bonds. The first-order chi connectivity index (χ1) is 14.5. The zero-order valence-corrected chi connectivity index (χ0v) is 17.7. The van der Waals surface area contributed by atoms with Crippen LogP contribution >= 0.6 is 11.6 Å². The average Bonchev–Trinajstić information content (AvgIpc) is 3.41. The van der Waals surface area contributed by atoms with E-state index in [1.54, 1.807) is 11.0 Å². The first-order valence-corrected chi connectivity index (χ1v) is 10.4. The highest BCUT2D eigenvalue weighted by Crippen LogP contribution is 2.40. The fraction of sp³-hybridized carbons (Fsp3) is 0.476. The molecule has 2 aromatic rings. The Morgan fingerprint density at radius 1 is 1.16 bits per heavy atom. The number of halogens is 4. The standard InChI is InChI=1S/C21H22ClF3N4O2/c1-14(30)18-2-5-29(26-18)19(31)28-7-4-20(13-28)3-6-27(12-20)11-15-8-16(21(23,24)25)10-17(22)9-15/h2,5,8-10H,3-4,6-7,11-13H2,1H3. The molecule has 4 rings (SSSR count). The SMILES string of the molecule is CC(=O)c1ccn(C(=O)N2CCC3(CCN(Cc4cc(Cl)cc(C(F)(F)F)c4)C3)C2)n1. The minimum Gasteiger partial charge on any atom is -0.322 e. The summed E-state index contributed by atoms with van der Waals surface area (Å²) in [6, 6.07) is 4.89. The summed E-state index contributed by atoms with van der Waals surface area (Å²) in [5.41, 5.74) is -0.0617. The molecule has 2 fully saturated rings. The number of alkyl halides is 3. The lowest BCUT2D eigenvalue weighted by Crippen LogP contribution is -2.36. The molecule has 1 atom stereocenters. The van der Waals surface area contributed by atoms with E-state index in [2.05, 4.69) is 10.00 Å². The maximum atomic E-state index is 13.1. The predicted octanol–water partition coefficient (Wildman–Crippen LogP) is 4.32. The van der Waals surface area contributed by atoms with E-state index in [9.17, 15) is 22.8 Å². The Hall–Kier alpha value is -2.39. The number of benzene rings is 1. The van der Waals surface area contributed by atoms with Gasteiger partial charge in [-0.25, -0.2) is 4.79 Å². The molecule has 10 heteroatoms. The van der Waals surface area contributed by atoms with Crippen molar-refractivity contribution in [3.63, 3.8) is 0 Å². The summed E-state index contributed by atoms with van der Waals surface area (Å²) in [5.74, 6) is -0.203. The number of aromatic nitrogens is 2. The Morgan fingerprint density at radius 3 is 2.58 bits per heavy atom. The molecule has 1 aromatic carbocycles. The van der Waals surface area contributed by atoms with Crippen molar-refractivity contribution in [1.29, 1.82) is 0 Å². The van der Waals surface area contributed by atoms with E-state index in [0.717, 1.165) is 31.5 Å². The van der Waals surface area contributed by atoms with Crippen molar-refractivity contribution in [3.8, 4) is 0 Å². The lowest BCUT2D eigenvalue weighted by Gasteiger charge is -2.25. The Labute approximate surface area is 182 Å². The summed E-state index contributed by atoms with van der Waals surface area (Å²) in [6.45, 7) is 4.35. The van der Waals surface area contributed by atoms with Gasteiger partial charge in [-0.1, -0.05) is 11.6 Å². The van der Waals surface area contributed by atoms with Gasteiger partial charge in [-0.2, -0.15) is 23.0 Å². The van der Waals surface area contributed by atoms with Gasteiger partial charge in [0.15, 0.2) is 5.78 Å². The number of Topliss-reactive ketones (excluding diaryl/α,β-unsaturated/α-hetero) is 1. The average molecular weight is 455 g/mol. The number of hydrogen-bond acceptors (Lipinski definition) is 4. The molecule has 0 saturated carbocycles. The number of amides is 1. The molecule has 0 radical (unpaired) electrons. The summed E-state index contributed by atoms with van der Waals surface area (Å²) >= 11 is 5.90. The van der Waals surface area contributed by atoms with Crippen LogP contribution in [0.3, 0.4) is 0 Å². The van der Waals surface area contributed by atoms with Gasteiger partial charge in [-0.15, -0.1) is 0 Å². The van der Waals surface area contributed by atoms with E-state index < -0.39 is 11.7 Å². The molecular weight excluding hydrogens is 433 g/mol. The van der Waals surface area contributed by atoms with Gasteiger partial charge < -0.3 is 4.90 Å². The van der Waals surface area contributed by atoms with Gasteiger partial charge >= 0.3 is 12.2 Å². The van der Waals surface area contributed by atoms with Crippen LogP contribution in [0.5, 0.6) is 0 Å². The third-order valence-electron chi connectivity index (χ3n) is 6.06. The third kappa shape index (κ3) is 4.62. The van der Waals surface area contributed by atoms with Crippen LogP contribution in [0.2, 0.25) is 5.02 Å². The van der Waals surface area contributed by atoms with E-state index in [0.29, 0.717) is 31.7 Å². The molecule has 6 nitrogen and oxygen atoms in total. The summed E-state index contributed by atoms with van der Waals surface area (Å²) in [4.78, 5) is 28.0. The minimum absolute atomic E-state index is 0.0699. The predicted molar refractivity (Wildman–Crippen MR) is 108 cm³/mol. The fourth-order valence-corrected chi connectivity index (χ4v) is 4.78. The maximum Gasteiger partial charge on any atom is 0.416 e. The van der Waals surface area contributed by atoms with E-state index in [1.807, 2.05) is 0 Å². The Bertz CT molecular complexity index is 1020. The smallest absolute Gasteiger partial charge is 0.322 e. The number of rotatable bonds is 3. The van der Waals surface area contributed by atoms with Crippen molar-refractivity contribution >= 4 is 23.4 Å². The molecule has 166 valence electrons. The lowest BCUT2D eigenvalue weighted by molar-refractivity contribution is -0.137. The van der Waals surface area contributed by atoms with Crippen molar-refractivity contribution in [3.05, 3.63) is 52.3 Å². The van der Waals surface area contributed by atoms with Crippen molar-refractivity contribution in [2.75, 3.05) is 26.2 Å². The topological polar surface area (TPSA) is 58.4 Å². The van der Waals surface area contributed by atoms with Crippen molar-refractivity contribution < 1.29 is 22.8 Å². The minimum atomic E-state index is -4.44. The van der Waals surface area contributed by atoms with E-state index in [-0.39, 0.29) is 27.9 Å². The van der Waals surface area contributed by atoms with Crippen LogP contribution in [-0.4, -0.2) is 57.6 Å². The molecule has 1 unspecified atom stereocenters. The molecule has 3 heterocycles. The quantitative estimate of drug-likeness (QED) is 0.648. The maximum absolute atomic E-state index is 13.1. The Kier molecular flexibility index (Phi) is 5.59. The van der Waals surface area contributed by atoms with Gasteiger partial charge in [0.25, 0.3) is 0 Å². The summed E-state index contributed by atoms with van der Waals surface area (Å²) in [5, 5.41) is 4.11. The fourth-order valence-electron chi connectivity index (χ4n) is 4.52. The molecule has 0 aliphatic carbocycles. The second kappa shape index (κ2) is 7.94. The van der Waals surface area contributed by atoms with Crippen molar-refractivity contribution in [2.24, 2.45) is 5.41 Å². The van der Waals surface area contributed by atoms with Crippen molar-refractivity contribution in [2.45, 2.75) is 32.5 Å². The second-order valence-corrected chi connectivity index (χ2v) is 8.90. The molecule has 1 spiro atoms. The third-order valence-corrected chi connectivity index (χ3v) is 6.28. The van der Waals surface area contributed by atoms with E-state index in [1.165, 1.54) is 23.9 Å². The molecule has 0 N–H and O–H groups in total. The van der Waals surface area contributed by atoms with Gasteiger partial charge in [0, 0.05) is 49.7 Å². The van der Waals surface area contributed by atoms with Crippen LogP contribution in [-0.2, 0) is 12.7 Å². The van der Waals surface area contributed by atoms with Crippen LogP contribution in [0.25, 0.3) is 0 Å². The molecule has 1 aromatic heterocycles. The monoisotopic (exact) mass is 454 g/mol. The number of ketones is 1. The molecule has 2 saturated heterocycles. The number of nitrogens with zero attached hydrogens (tertiary/aromatic N) is 4. The molecule has 2 aliphatic rings. The normalized spacial score (nSPS) is 21.9. The summed E-state index contributed by atoms with van der Waals surface area (Å²) < 4.78 is 40.4. The van der Waals surface area contributed by atoms with Crippen LogP contribution in [0, 0.1) is 5.41 Å². The van der Waals surface area contributed by atoms with Gasteiger partial charge in [0.2, 0.25) is 0 Å². The number of carbonyl (C=O) groups is 2. The lowest BCUT2D eigenvalue weighted by atomic mass is 9.86. The van der Waals surface area contributed by atoms with E-state index in [4.69, 9.17) is 11.6 Å². The van der Waals surface area contributed by atoms with Crippen LogP contribution in [0.4, 0.5) is 18.0 Å². The first kappa shape index (κ1) is 21.8. The Morgan fingerprint density at radius 2 is 1.90 bits per heavy atom. The van der Waals surface area contributed by atoms with Crippen LogP contribution in [0.15, 0.2) is 30.5 Å². The molecule has 0 bridgehead atoms. The van der Waals surface area contributed by atoms with Gasteiger partial charge in [-0.3, -0.25) is 9.69 Å². The highest BCUT2D eigenvalue weighted by Gasteiger charge is 2.45. The van der Waals surface area contributed by atoms with Crippen LogP contribution in [0.1, 0.15) is 41.4 Å². The Balaban J connectivity index is 1.40. The van der Waals surface area contributed by atoms with Gasteiger partial charge in [-0.05, 0) is 49.2 Å². The van der Waals surface area contributed by atoms with Crippen molar-refractivity contribution in [1.82, 2.24) is 19.6 Å². The molecule has 2 aliphatic heterocycles. The number of likely N-dealkylation sites (tertiary alicyclic amines) is 2. The van der Waals surface area contributed by atoms with Gasteiger partial charge in [0.05, 0.1) is 5.56 Å². The number of hydrogen-bond donors (Lipinski definition) is 0. The first-order valence-electron chi connectivity index (χ1n) is 10.00. The highest BCUT2D eigenvalue weighted by molar-refractivity contribution is 6.30. The van der Waals surface area contributed by atoms with Gasteiger partial charge in [0.1, 0.15) is 5.69 Å². The van der Waals surface area contributed by atoms with E-state index >= 15 is 0 Å². The zero-order chi connectivity index (χ0) is 22.4.